The second kappa shape index (κ2) is 12.2. The third-order valence-electron chi connectivity index (χ3n) is 1.80. The molecule has 0 bridgehead atoms. The fourth-order valence-electron chi connectivity index (χ4n) is 0.982. The summed E-state index contributed by atoms with van der Waals surface area (Å²) in [6.45, 7) is 1.89. The van der Waals surface area contributed by atoms with E-state index in [1.54, 1.807) is 7.11 Å². The number of carbonyl (C=O) groups excluding carboxylic acids is 1. The summed E-state index contributed by atoms with van der Waals surface area (Å²) in [6.07, 6.45) is 3.45. The van der Waals surface area contributed by atoms with Crippen molar-refractivity contribution < 1.29 is 14.3 Å². The van der Waals surface area contributed by atoms with Crippen LogP contribution in [0, 0.1) is 0 Å². The van der Waals surface area contributed by atoms with Gasteiger partial charge in [0, 0.05) is 13.7 Å². The molecule has 0 aromatic heterocycles. The van der Waals surface area contributed by atoms with Gasteiger partial charge in [-0.1, -0.05) is 29.0 Å². The van der Waals surface area contributed by atoms with Crippen LogP contribution in [0.4, 0.5) is 0 Å². The van der Waals surface area contributed by atoms with Crippen LogP contribution in [0.3, 0.4) is 0 Å². The van der Waals surface area contributed by atoms with E-state index in [2.05, 4.69) is 27.9 Å². The van der Waals surface area contributed by atoms with Crippen LogP contribution in [0.15, 0.2) is 0 Å². The predicted octanol–water partition coefficient (Wildman–Crippen LogP) is 1.37. The molecule has 0 unspecified atom stereocenters. The van der Waals surface area contributed by atoms with Crippen LogP contribution in [0.5, 0.6) is 0 Å². The van der Waals surface area contributed by atoms with E-state index in [9.17, 15) is 4.79 Å². The molecule has 4 nitrogen and oxygen atoms in total. The van der Waals surface area contributed by atoms with Gasteiger partial charge in [-0.2, -0.15) is 0 Å². The first-order valence-corrected chi connectivity index (χ1v) is 6.73. The number of amides is 1. The van der Waals surface area contributed by atoms with Crippen LogP contribution in [0.1, 0.15) is 19.3 Å². The van der Waals surface area contributed by atoms with E-state index in [0.717, 1.165) is 13.0 Å². The number of methoxy groups -OCH3 is 1. The van der Waals surface area contributed by atoms with Crippen molar-refractivity contribution >= 4 is 28.5 Å². The summed E-state index contributed by atoms with van der Waals surface area (Å²) in [5.74, 6) is -0.0411. The second-order valence-electron chi connectivity index (χ2n) is 3.14. The van der Waals surface area contributed by atoms with Gasteiger partial charge in [-0.3, -0.25) is 4.79 Å². The topological polar surface area (TPSA) is 47.6 Å². The molecule has 0 aromatic rings. The Bertz CT molecular complexity index is 156. The largest absolute Gasteiger partial charge is 0.382 e. The highest BCUT2D eigenvalue weighted by Gasteiger charge is 1.99. The number of halogens is 1. The quantitative estimate of drug-likeness (QED) is 0.374. The van der Waals surface area contributed by atoms with Gasteiger partial charge >= 0.3 is 0 Å². The number of rotatable bonds is 10. The van der Waals surface area contributed by atoms with Gasteiger partial charge in [-0.15, -0.1) is 0 Å². The highest BCUT2D eigenvalue weighted by atomic mass is 127. The first-order chi connectivity index (χ1) is 7.31. The van der Waals surface area contributed by atoms with Crippen LogP contribution < -0.4 is 5.32 Å². The molecule has 0 heterocycles. The molecule has 1 amide bonds. The molecule has 0 atom stereocenters. The number of nitrogens with one attached hydrogen (secondary N) is 1. The third-order valence-corrected chi connectivity index (χ3v) is 2.56. The van der Waals surface area contributed by atoms with Crippen molar-refractivity contribution in [3.8, 4) is 0 Å². The Hall–Kier alpha value is 0.120. The Morgan fingerprint density at radius 1 is 1.27 bits per heavy atom. The van der Waals surface area contributed by atoms with Crippen molar-refractivity contribution in [1.29, 1.82) is 0 Å². The average molecular weight is 329 g/mol. The maximum absolute atomic E-state index is 11.2. The average Bonchev–Trinajstić information content (AvgIpc) is 2.24. The highest BCUT2D eigenvalue weighted by molar-refractivity contribution is 14.1. The molecule has 90 valence electrons. The lowest BCUT2D eigenvalue weighted by atomic mass is 10.2. The smallest absolute Gasteiger partial charge is 0.245 e. The second-order valence-corrected chi connectivity index (χ2v) is 4.22. The Labute approximate surface area is 105 Å². The summed E-state index contributed by atoms with van der Waals surface area (Å²) in [6, 6.07) is 0. The van der Waals surface area contributed by atoms with Crippen molar-refractivity contribution in [2.75, 3.05) is 37.9 Å². The molecule has 0 fully saturated rings. The number of ether oxygens (including phenoxy) is 2. The summed E-state index contributed by atoms with van der Waals surface area (Å²) in [5.41, 5.74) is 0. The molecule has 5 heteroatoms. The molecule has 0 saturated carbocycles. The zero-order valence-corrected chi connectivity index (χ0v) is 11.4. The zero-order valence-electron chi connectivity index (χ0n) is 9.26. The van der Waals surface area contributed by atoms with Crippen molar-refractivity contribution in [2.24, 2.45) is 0 Å². The number of hydrogen-bond acceptors (Lipinski definition) is 3. The molecule has 1 N–H and O–H groups in total. The Morgan fingerprint density at radius 3 is 2.73 bits per heavy atom. The summed E-state index contributed by atoms with van der Waals surface area (Å²) < 4.78 is 11.1. The van der Waals surface area contributed by atoms with E-state index >= 15 is 0 Å². The van der Waals surface area contributed by atoms with Crippen molar-refractivity contribution in [3.05, 3.63) is 0 Å². The molecule has 0 rings (SSSR count). The monoisotopic (exact) mass is 329 g/mol. The van der Waals surface area contributed by atoms with Gasteiger partial charge in [-0.05, 0) is 17.3 Å². The third kappa shape index (κ3) is 12.0. The van der Waals surface area contributed by atoms with Gasteiger partial charge in [0.15, 0.2) is 0 Å². The lowest BCUT2D eigenvalue weighted by molar-refractivity contribution is -0.126. The Balaban J connectivity index is 3.11. The van der Waals surface area contributed by atoms with E-state index in [0.29, 0.717) is 13.2 Å². The van der Waals surface area contributed by atoms with Gasteiger partial charge in [-0.25, -0.2) is 0 Å². The first-order valence-electron chi connectivity index (χ1n) is 5.20. The van der Waals surface area contributed by atoms with Gasteiger partial charge in [0.2, 0.25) is 5.91 Å². The first kappa shape index (κ1) is 15.1. The maximum Gasteiger partial charge on any atom is 0.245 e. The fraction of sp³-hybridized carbons (Fsp3) is 0.900. The van der Waals surface area contributed by atoms with Crippen LogP contribution >= 0.6 is 22.6 Å². The van der Waals surface area contributed by atoms with E-state index in [1.165, 1.54) is 17.3 Å². The highest BCUT2D eigenvalue weighted by Crippen LogP contribution is 1.97. The summed E-state index contributed by atoms with van der Waals surface area (Å²) in [4.78, 5) is 11.2. The number of unbranched alkanes of at least 4 members (excludes halogenated alkanes) is 2. The van der Waals surface area contributed by atoms with E-state index in [-0.39, 0.29) is 12.5 Å². The van der Waals surface area contributed by atoms with Crippen molar-refractivity contribution in [2.45, 2.75) is 19.3 Å². The Morgan fingerprint density at radius 2 is 2.07 bits per heavy atom. The minimum absolute atomic E-state index is 0.0411. The van der Waals surface area contributed by atoms with E-state index < -0.39 is 0 Å². The zero-order chi connectivity index (χ0) is 11.4. The van der Waals surface area contributed by atoms with Gasteiger partial charge < -0.3 is 14.8 Å². The lowest BCUT2D eigenvalue weighted by Gasteiger charge is -2.05. The minimum atomic E-state index is -0.0411. The molecule has 0 aliphatic carbocycles. The molecule has 0 spiro atoms. The standard InChI is InChI=1S/C10H20INO3/c1-14-7-8-15-9-10(13)12-6-4-2-3-5-11/h2-9H2,1H3,(H,12,13). The lowest BCUT2D eigenvalue weighted by Crippen LogP contribution is -2.29. The van der Waals surface area contributed by atoms with Crippen LogP contribution in [-0.2, 0) is 14.3 Å². The molecule has 15 heavy (non-hydrogen) atoms. The molecule has 0 aliphatic rings. The summed E-state index contributed by atoms with van der Waals surface area (Å²) >= 11 is 2.36. The summed E-state index contributed by atoms with van der Waals surface area (Å²) in [7, 11) is 1.61. The fourth-order valence-corrected chi connectivity index (χ4v) is 1.52. The molecular formula is C10H20INO3. The maximum atomic E-state index is 11.2. The van der Waals surface area contributed by atoms with Gasteiger partial charge in [0.1, 0.15) is 6.61 Å². The summed E-state index contributed by atoms with van der Waals surface area (Å²) in [5, 5.41) is 2.81. The van der Waals surface area contributed by atoms with Gasteiger partial charge in [0.05, 0.1) is 13.2 Å². The van der Waals surface area contributed by atoms with E-state index in [1.807, 2.05) is 0 Å². The van der Waals surface area contributed by atoms with E-state index in [4.69, 9.17) is 9.47 Å². The Kier molecular flexibility index (Phi) is 12.3. The SMILES string of the molecule is COCCOCC(=O)NCCCCCI. The molecule has 0 radical (unpaired) electrons. The number of carbonyl (C=O) groups is 1. The predicted molar refractivity (Wildman–Crippen MR) is 68.4 cm³/mol. The van der Waals surface area contributed by atoms with Crippen molar-refractivity contribution in [1.82, 2.24) is 5.32 Å². The minimum Gasteiger partial charge on any atom is -0.382 e. The molecular weight excluding hydrogens is 309 g/mol. The molecule has 0 aliphatic heterocycles. The number of hydrogen-bond donors (Lipinski definition) is 1. The normalized spacial score (nSPS) is 10.3. The van der Waals surface area contributed by atoms with Crippen molar-refractivity contribution in [3.63, 3.8) is 0 Å². The van der Waals surface area contributed by atoms with Crippen LogP contribution in [0.25, 0.3) is 0 Å². The van der Waals surface area contributed by atoms with Crippen LogP contribution in [0.2, 0.25) is 0 Å². The van der Waals surface area contributed by atoms with Crippen LogP contribution in [-0.4, -0.2) is 43.8 Å². The molecule has 0 saturated heterocycles. The number of alkyl halides is 1. The van der Waals surface area contributed by atoms with Gasteiger partial charge in [0.25, 0.3) is 0 Å². The molecule has 0 aromatic carbocycles.